The minimum atomic E-state index is -0.968. The van der Waals surface area contributed by atoms with Crippen molar-refractivity contribution in [1.29, 1.82) is 0 Å². The van der Waals surface area contributed by atoms with E-state index in [2.05, 4.69) is 5.32 Å². The van der Waals surface area contributed by atoms with E-state index >= 15 is 0 Å². The minimum Gasteiger partial charge on any atom is -0.497 e. The summed E-state index contributed by atoms with van der Waals surface area (Å²) in [6.07, 6.45) is -0.968. The van der Waals surface area contributed by atoms with Gasteiger partial charge in [0, 0.05) is 5.69 Å². The smallest absolute Gasteiger partial charge is 0.344 e. The maximum atomic E-state index is 13.4. The Morgan fingerprint density at radius 2 is 1.52 bits per heavy atom. The molecular weight excluding hydrogens is 422 g/mol. The molecule has 0 aliphatic carbocycles. The number of hydrogen-bond acceptors (Lipinski definition) is 6. The number of rotatable bonds is 5. The van der Waals surface area contributed by atoms with Crippen molar-refractivity contribution in [1.82, 2.24) is 0 Å². The highest BCUT2D eigenvalue weighted by atomic mass is 16.5. The number of amides is 1. The van der Waals surface area contributed by atoms with Crippen LogP contribution in [0, 0.1) is 0 Å². The van der Waals surface area contributed by atoms with Crippen LogP contribution in [-0.4, -0.2) is 26.2 Å². The van der Waals surface area contributed by atoms with Crippen molar-refractivity contribution in [3.63, 3.8) is 0 Å². The molecule has 4 aromatic rings. The number of anilines is 1. The van der Waals surface area contributed by atoms with E-state index in [1.54, 1.807) is 62.8 Å². The highest BCUT2D eigenvalue weighted by Gasteiger charge is 2.44. The molecule has 0 radical (unpaired) electrons. The Kier molecular flexibility index (Phi) is 5.22. The third-order valence-electron chi connectivity index (χ3n) is 5.75. The maximum Gasteiger partial charge on any atom is 0.344 e. The number of fused-ring (bicyclic) bond motifs is 3. The van der Waals surface area contributed by atoms with Gasteiger partial charge >= 0.3 is 5.63 Å². The van der Waals surface area contributed by atoms with Crippen molar-refractivity contribution in [3.05, 3.63) is 94.3 Å². The first-order valence-electron chi connectivity index (χ1n) is 10.4. The molecule has 5 rings (SSSR count). The van der Waals surface area contributed by atoms with Crippen LogP contribution in [0.2, 0.25) is 0 Å². The van der Waals surface area contributed by atoms with E-state index in [1.165, 1.54) is 0 Å². The lowest BCUT2D eigenvalue weighted by atomic mass is 9.88. The highest BCUT2D eigenvalue weighted by molar-refractivity contribution is 5.97. The second-order valence-corrected chi connectivity index (χ2v) is 7.64. The van der Waals surface area contributed by atoms with Crippen molar-refractivity contribution in [2.24, 2.45) is 0 Å². The molecular formula is C26H21NO6. The zero-order valence-electron chi connectivity index (χ0n) is 18.0. The summed E-state index contributed by atoms with van der Waals surface area (Å²) < 4.78 is 22.2. The predicted molar refractivity (Wildman–Crippen MR) is 123 cm³/mol. The van der Waals surface area contributed by atoms with Crippen LogP contribution in [0.4, 0.5) is 5.69 Å². The van der Waals surface area contributed by atoms with Crippen molar-refractivity contribution in [3.8, 4) is 17.2 Å². The van der Waals surface area contributed by atoms with E-state index in [9.17, 15) is 9.59 Å². The summed E-state index contributed by atoms with van der Waals surface area (Å²) in [5.74, 6) is 0.698. The van der Waals surface area contributed by atoms with Gasteiger partial charge in [-0.2, -0.15) is 0 Å². The number of carbonyl (C=O) groups excluding carboxylic acids is 1. The number of para-hydroxylation sites is 1. The summed E-state index contributed by atoms with van der Waals surface area (Å²) in [6, 6.07) is 21.3. The Labute approximate surface area is 189 Å². The second kappa shape index (κ2) is 8.35. The molecule has 1 aliphatic heterocycles. The lowest BCUT2D eigenvalue weighted by molar-refractivity contribution is -0.122. The van der Waals surface area contributed by atoms with Crippen LogP contribution in [0.1, 0.15) is 17.0 Å². The molecule has 0 unspecified atom stereocenters. The quantitative estimate of drug-likeness (QED) is 0.462. The Morgan fingerprint density at radius 3 is 2.18 bits per heavy atom. The van der Waals surface area contributed by atoms with E-state index in [1.807, 2.05) is 24.3 Å². The lowest BCUT2D eigenvalue weighted by Gasteiger charge is -2.19. The Hall–Kier alpha value is -4.26. The van der Waals surface area contributed by atoms with Gasteiger partial charge in [-0.1, -0.05) is 24.3 Å². The van der Waals surface area contributed by atoms with Gasteiger partial charge in [-0.25, -0.2) is 4.79 Å². The monoisotopic (exact) mass is 443 g/mol. The fourth-order valence-electron chi connectivity index (χ4n) is 4.12. The van der Waals surface area contributed by atoms with Crippen LogP contribution >= 0.6 is 0 Å². The van der Waals surface area contributed by atoms with Crippen molar-refractivity contribution < 1.29 is 23.4 Å². The normalized spacial score (nSPS) is 16.7. The molecule has 0 saturated heterocycles. The molecule has 33 heavy (non-hydrogen) atoms. The van der Waals surface area contributed by atoms with E-state index in [-0.39, 0.29) is 5.91 Å². The summed E-state index contributed by atoms with van der Waals surface area (Å²) in [5.41, 5.74) is 1.54. The largest absolute Gasteiger partial charge is 0.497 e. The molecule has 0 fully saturated rings. The maximum absolute atomic E-state index is 13.4. The number of benzene rings is 3. The topological polar surface area (TPSA) is 87.0 Å². The van der Waals surface area contributed by atoms with Gasteiger partial charge in [0.1, 0.15) is 22.8 Å². The Bertz CT molecular complexity index is 1380. The SMILES string of the molecule is COc1ccc(NC(=O)[C@H]2Oc3c(c(=O)oc4ccccc34)[C@@H]2c2ccc(OC)cc2)cc1. The molecule has 7 heteroatoms. The van der Waals surface area contributed by atoms with Crippen LogP contribution in [0.25, 0.3) is 11.0 Å². The van der Waals surface area contributed by atoms with Crippen LogP contribution in [-0.2, 0) is 4.79 Å². The number of nitrogens with one attached hydrogen (secondary N) is 1. The summed E-state index contributed by atoms with van der Waals surface area (Å²) >= 11 is 0. The molecule has 0 spiro atoms. The summed E-state index contributed by atoms with van der Waals surface area (Å²) in [4.78, 5) is 26.4. The summed E-state index contributed by atoms with van der Waals surface area (Å²) in [7, 11) is 3.15. The van der Waals surface area contributed by atoms with Crippen LogP contribution in [0.5, 0.6) is 17.2 Å². The average molecular weight is 443 g/mol. The fourth-order valence-corrected chi connectivity index (χ4v) is 4.12. The minimum absolute atomic E-state index is 0.328. The summed E-state index contributed by atoms with van der Waals surface area (Å²) in [6.45, 7) is 0. The van der Waals surface area contributed by atoms with Crippen LogP contribution < -0.4 is 25.2 Å². The van der Waals surface area contributed by atoms with Gasteiger partial charge in [0.2, 0.25) is 0 Å². The molecule has 3 aromatic carbocycles. The van der Waals surface area contributed by atoms with E-state index in [0.29, 0.717) is 39.5 Å². The number of carbonyl (C=O) groups is 1. The molecule has 0 bridgehead atoms. The van der Waals surface area contributed by atoms with Gasteiger partial charge in [-0.3, -0.25) is 4.79 Å². The molecule has 166 valence electrons. The second-order valence-electron chi connectivity index (χ2n) is 7.64. The molecule has 1 aliphatic rings. The summed E-state index contributed by atoms with van der Waals surface area (Å²) in [5, 5.41) is 3.53. The average Bonchev–Trinajstić information content (AvgIpc) is 3.26. The van der Waals surface area contributed by atoms with Gasteiger partial charge in [0.25, 0.3) is 5.91 Å². The Balaban J connectivity index is 1.59. The zero-order chi connectivity index (χ0) is 22.9. The zero-order valence-corrected chi connectivity index (χ0v) is 18.0. The van der Waals surface area contributed by atoms with Crippen LogP contribution in [0.3, 0.4) is 0 Å². The Morgan fingerprint density at radius 1 is 0.879 bits per heavy atom. The van der Waals surface area contributed by atoms with Gasteiger partial charge < -0.3 is 23.9 Å². The van der Waals surface area contributed by atoms with Crippen molar-refractivity contribution >= 4 is 22.6 Å². The third-order valence-corrected chi connectivity index (χ3v) is 5.75. The molecule has 7 nitrogen and oxygen atoms in total. The highest BCUT2D eigenvalue weighted by Crippen LogP contribution is 2.44. The van der Waals surface area contributed by atoms with Crippen molar-refractivity contribution in [2.45, 2.75) is 12.0 Å². The molecule has 1 N–H and O–H groups in total. The fraction of sp³-hybridized carbons (Fsp3) is 0.154. The lowest BCUT2D eigenvalue weighted by Crippen LogP contribution is -2.35. The molecule has 1 amide bonds. The first-order chi connectivity index (χ1) is 16.1. The van der Waals surface area contributed by atoms with Gasteiger partial charge in [-0.15, -0.1) is 0 Å². The van der Waals surface area contributed by atoms with E-state index in [0.717, 1.165) is 5.56 Å². The van der Waals surface area contributed by atoms with Gasteiger partial charge in [-0.05, 0) is 54.1 Å². The van der Waals surface area contributed by atoms with Crippen LogP contribution in [0.15, 0.2) is 82.0 Å². The first-order valence-corrected chi connectivity index (χ1v) is 10.4. The molecule has 2 heterocycles. The van der Waals surface area contributed by atoms with Gasteiger partial charge in [0.05, 0.1) is 31.1 Å². The van der Waals surface area contributed by atoms with E-state index < -0.39 is 17.6 Å². The van der Waals surface area contributed by atoms with E-state index in [4.69, 9.17) is 18.6 Å². The number of methoxy groups -OCH3 is 2. The molecule has 1 aromatic heterocycles. The number of ether oxygens (including phenoxy) is 3. The molecule has 2 atom stereocenters. The number of hydrogen-bond donors (Lipinski definition) is 1. The molecule has 0 saturated carbocycles. The van der Waals surface area contributed by atoms with Gasteiger partial charge in [0.15, 0.2) is 6.10 Å². The third kappa shape index (κ3) is 3.67. The standard InChI is InChI=1S/C26H21NO6/c1-30-17-11-7-15(8-12-17)21-22-23(19-5-3-4-6-20(19)32-26(22)29)33-24(21)25(28)27-16-9-13-18(31-2)14-10-16/h3-14,21,24H,1-2H3,(H,27,28)/t21-,24-/m0/s1. The predicted octanol–water partition coefficient (Wildman–Crippen LogP) is 4.34. The first kappa shape index (κ1) is 20.6. The van der Waals surface area contributed by atoms with Crippen molar-refractivity contribution in [2.75, 3.05) is 19.5 Å².